The summed E-state index contributed by atoms with van der Waals surface area (Å²) in [6, 6.07) is 12.3. The van der Waals surface area contributed by atoms with E-state index in [0.717, 1.165) is 41.9 Å². The van der Waals surface area contributed by atoms with Gasteiger partial charge in [0.15, 0.2) is 0 Å². The van der Waals surface area contributed by atoms with Gasteiger partial charge in [-0.15, -0.1) is 0 Å². The van der Waals surface area contributed by atoms with Crippen molar-refractivity contribution in [2.45, 2.75) is 25.9 Å². The van der Waals surface area contributed by atoms with E-state index < -0.39 is 0 Å². The summed E-state index contributed by atoms with van der Waals surface area (Å²) in [6.07, 6.45) is 4.25. The van der Waals surface area contributed by atoms with Crippen molar-refractivity contribution < 1.29 is 14.0 Å². The van der Waals surface area contributed by atoms with Gasteiger partial charge in [-0.05, 0) is 37.5 Å². The van der Waals surface area contributed by atoms with E-state index in [1.165, 1.54) is 6.07 Å². The van der Waals surface area contributed by atoms with Crippen molar-refractivity contribution in [1.29, 1.82) is 0 Å². The molecule has 0 aliphatic heterocycles. The van der Waals surface area contributed by atoms with E-state index in [4.69, 9.17) is 32.8 Å². The van der Waals surface area contributed by atoms with Crippen molar-refractivity contribution in [3.8, 4) is 5.75 Å². The number of ether oxygens (including phenoxy) is 1. The minimum atomic E-state index is -0.293. The molecule has 3 nitrogen and oxygen atoms in total. The summed E-state index contributed by atoms with van der Waals surface area (Å²) in [7, 11) is 0. The maximum Gasteiger partial charge on any atom is 0.145 e. The van der Waals surface area contributed by atoms with Crippen LogP contribution in [0.1, 0.15) is 29.5 Å². The first kappa shape index (κ1) is 18.7. The largest absolute Gasteiger partial charge is 0.489 e. The zero-order valence-corrected chi connectivity index (χ0v) is 15.6. The van der Waals surface area contributed by atoms with E-state index in [9.17, 15) is 4.39 Å². The number of oxime groups is 1. The molecular weight excluding hydrogens is 376 g/mol. The summed E-state index contributed by atoms with van der Waals surface area (Å²) in [5.41, 5.74) is 3.42. The number of nitrogens with zero attached hydrogens (tertiary/aromatic N) is 1. The Kier molecular flexibility index (Phi) is 6.53. The first-order valence-electron chi connectivity index (χ1n) is 8.33. The molecule has 1 aliphatic carbocycles. The Labute approximate surface area is 162 Å². The van der Waals surface area contributed by atoms with Gasteiger partial charge in [0.2, 0.25) is 0 Å². The van der Waals surface area contributed by atoms with Gasteiger partial charge in [0.25, 0.3) is 0 Å². The van der Waals surface area contributed by atoms with Gasteiger partial charge in [-0.25, -0.2) is 4.39 Å². The Bertz CT molecular complexity index is 832. The topological polar surface area (TPSA) is 30.8 Å². The summed E-state index contributed by atoms with van der Waals surface area (Å²) in [6.45, 7) is 0.399. The van der Waals surface area contributed by atoms with Gasteiger partial charge in [-0.2, -0.15) is 0 Å². The number of hydrogen-bond donors (Lipinski definition) is 0. The van der Waals surface area contributed by atoms with E-state index >= 15 is 0 Å². The lowest BCUT2D eigenvalue weighted by Crippen LogP contribution is -2.14. The van der Waals surface area contributed by atoms with Gasteiger partial charge in [-0.3, -0.25) is 0 Å². The van der Waals surface area contributed by atoms with Gasteiger partial charge in [0.05, 0.1) is 5.71 Å². The molecule has 1 aliphatic rings. The third kappa shape index (κ3) is 4.77. The molecule has 0 heterocycles. The van der Waals surface area contributed by atoms with E-state index in [0.29, 0.717) is 12.2 Å². The van der Waals surface area contributed by atoms with E-state index in [-0.39, 0.29) is 16.9 Å². The molecule has 0 saturated carbocycles. The SMILES string of the molecule is Fc1ccccc1CO/N=C1\CCCc2c(OCC=C(Cl)Cl)cccc21. The molecule has 2 aromatic carbocycles. The van der Waals surface area contributed by atoms with E-state index in [2.05, 4.69) is 5.16 Å². The summed E-state index contributed by atoms with van der Waals surface area (Å²) < 4.78 is 19.6. The lowest BCUT2D eigenvalue weighted by Gasteiger charge is -2.20. The van der Waals surface area contributed by atoms with Gasteiger partial charge >= 0.3 is 0 Å². The number of benzene rings is 2. The standard InChI is InChI=1S/C20H18Cl2FNO2/c21-20(22)11-12-25-19-10-4-6-15-16(19)7-3-9-18(15)24-26-13-14-5-1-2-8-17(14)23/h1-2,4-6,8,10-11H,3,7,9,12-13H2/b24-18+. The maximum atomic E-state index is 13.7. The molecule has 6 heteroatoms. The highest BCUT2D eigenvalue weighted by Crippen LogP contribution is 2.30. The molecule has 0 N–H and O–H groups in total. The third-order valence-electron chi connectivity index (χ3n) is 4.11. The Hall–Kier alpha value is -2.04. The Morgan fingerprint density at radius 3 is 2.77 bits per heavy atom. The quantitative estimate of drug-likeness (QED) is 0.582. The molecule has 26 heavy (non-hydrogen) atoms. The van der Waals surface area contributed by atoms with Gasteiger partial charge < -0.3 is 9.57 Å². The minimum absolute atomic E-state index is 0.0979. The first-order chi connectivity index (χ1) is 12.6. The molecule has 0 radical (unpaired) electrons. The summed E-state index contributed by atoms with van der Waals surface area (Å²) in [4.78, 5) is 5.41. The normalized spacial score (nSPS) is 14.7. The lowest BCUT2D eigenvalue weighted by atomic mass is 9.89. The van der Waals surface area contributed by atoms with Crippen molar-refractivity contribution in [2.24, 2.45) is 5.16 Å². The van der Waals surface area contributed by atoms with Gasteiger partial charge in [0, 0.05) is 16.7 Å². The monoisotopic (exact) mass is 393 g/mol. The molecule has 0 spiro atoms. The average molecular weight is 394 g/mol. The molecule has 0 bridgehead atoms. The fourth-order valence-corrected chi connectivity index (χ4v) is 3.01. The second-order valence-corrected chi connectivity index (χ2v) is 6.85. The molecule has 0 unspecified atom stereocenters. The van der Waals surface area contributed by atoms with Crippen molar-refractivity contribution in [2.75, 3.05) is 6.61 Å². The van der Waals surface area contributed by atoms with Crippen LogP contribution < -0.4 is 4.74 Å². The predicted octanol–water partition coefficient (Wildman–Crippen LogP) is 5.78. The van der Waals surface area contributed by atoms with Crippen LogP contribution in [0.2, 0.25) is 0 Å². The fraction of sp³-hybridized carbons (Fsp3) is 0.250. The van der Waals surface area contributed by atoms with E-state index in [1.54, 1.807) is 24.3 Å². The number of halogens is 3. The fourth-order valence-electron chi connectivity index (χ4n) is 2.88. The molecule has 0 saturated heterocycles. The Morgan fingerprint density at radius 2 is 1.96 bits per heavy atom. The van der Waals surface area contributed by atoms with Crippen LogP contribution in [0.15, 0.2) is 58.2 Å². The van der Waals surface area contributed by atoms with Crippen LogP contribution in [0.4, 0.5) is 4.39 Å². The molecule has 2 aromatic rings. The highest BCUT2D eigenvalue weighted by molar-refractivity contribution is 6.55. The van der Waals surface area contributed by atoms with Crippen LogP contribution in [0.25, 0.3) is 0 Å². The van der Waals surface area contributed by atoms with Crippen molar-refractivity contribution in [3.63, 3.8) is 0 Å². The zero-order valence-electron chi connectivity index (χ0n) is 14.1. The second kappa shape index (κ2) is 9.06. The van der Waals surface area contributed by atoms with Crippen molar-refractivity contribution >= 4 is 28.9 Å². The highest BCUT2D eigenvalue weighted by Gasteiger charge is 2.19. The molecule has 0 aromatic heterocycles. The summed E-state index contributed by atoms with van der Waals surface area (Å²) in [5, 5.41) is 4.25. The lowest BCUT2D eigenvalue weighted by molar-refractivity contribution is 0.127. The smallest absolute Gasteiger partial charge is 0.145 e. The second-order valence-electron chi connectivity index (χ2n) is 5.84. The number of rotatable bonds is 6. The van der Waals surface area contributed by atoms with Crippen LogP contribution in [0.5, 0.6) is 5.75 Å². The van der Waals surface area contributed by atoms with Gasteiger partial charge in [-0.1, -0.05) is 58.7 Å². The van der Waals surface area contributed by atoms with Crippen LogP contribution >= 0.6 is 23.2 Å². The van der Waals surface area contributed by atoms with Crippen LogP contribution in [0.3, 0.4) is 0 Å². The van der Waals surface area contributed by atoms with Crippen molar-refractivity contribution in [1.82, 2.24) is 0 Å². The summed E-state index contributed by atoms with van der Waals surface area (Å²) >= 11 is 11.2. The van der Waals surface area contributed by atoms with Crippen LogP contribution in [0, 0.1) is 5.82 Å². The molecule has 0 amide bonds. The predicted molar refractivity (Wildman–Crippen MR) is 102 cm³/mol. The number of fused-ring (bicyclic) bond motifs is 1. The zero-order chi connectivity index (χ0) is 18.4. The third-order valence-corrected chi connectivity index (χ3v) is 4.42. The first-order valence-corrected chi connectivity index (χ1v) is 9.09. The highest BCUT2D eigenvalue weighted by atomic mass is 35.5. The molecule has 136 valence electrons. The van der Waals surface area contributed by atoms with E-state index in [1.807, 2.05) is 18.2 Å². The average Bonchev–Trinajstić information content (AvgIpc) is 2.63. The molecule has 0 fully saturated rings. The van der Waals surface area contributed by atoms with Crippen LogP contribution in [-0.2, 0) is 17.9 Å². The summed E-state index contributed by atoms with van der Waals surface area (Å²) in [5.74, 6) is 0.494. The minimum Gasteiger partial charge on any atom is -0.489 e. The van der Waals surface area contributed by atoms with Crippen molar-refractivity contribution in [3.05, 3.63) is 75.5 Å². The number of hydrogen-bond acceptors (Lipinski definition) is 3. The molecular formula is C20H18Cl2FNO2. The Morgan fingerprint density at radius 1 is 1.12 bits per heavy atom. The maximum absolute atomic E-state index is 13.7. The molecule has 0 atom stereocenters. The van der Waals surface area contributed by atoms with Crippen LogP contribution in [-0.4, -0.2) is 12.3 Å². The Balaban J connectivity index is 1.74. The molecule has 3 rings (SSSR count). The van der Waals surface area contributed by atoms with Gasteiger partial charge in [0.1, 0.15) is 29.3 Å².